The molecule has 1 rings (SSSR count). The van der Waals surface area contributed by atoms with Gasteiger partial charge in [0.05, 0.1) is 13.3 Å². The second kappa shape index (κ2) is 5.91. The van der Waals surface area contributed by atoms with Gasteiger partial charge in [-0.05, 0) is 6.92 Å². The fraction of sp³-hybridized carbons (Fsp3) is 0.692. The number of carbonyl (C=O) groups is 3. The summed E-state index contributed by atoms with van der Waals surface area (Å²) in [6.07, 6.45) is 1.06. The van der Waals surface area contributed by atoms with Gasteiger partial charge in [-0.15, -0.1) is 0 Å². The number of rotatable bonds is 4. The number of methoxy groups -OCH3 is 1. The van der Waals surface area contributed by atoms with Crippen molar-refractivity contribution >= 4 is 35.4 Å². The lowest BCUT2D eigenvalue weighted by Crippen LogP contribution is -2.61. The first-order valence-electron chi connectivity index (χ1n) is 6.22. The number of Topliss-reactive ketones (excluding diaryl/α,β-unsaturated/α-hetero) is 2. The van der Waals surface area contributed by atoms with Gasteiger partial charge in [-0.2, -0.15) is 0 Å². The average Bonchev–Trinajstić information content (AvgIpc) is 2.38. The van der Waals surface area contributed by atoms with Gasteiger partial charge in [-0.3, -0.25) is 9.59 Å². The largest absolute Gasteiger partial charge is 0.467 e. The van der Waals surface area contributed by atoms with Crippen molar-refractivity contribution in [2.75, 3.05) is 13.7 Å². The third-order valence-corrected chi connectivity index (χ3v) is 4.25. The predicted octanol–water partition coefficient (Wildman–Crippen LogP) is 1.34. The maximum Gasteiger partial charge on any atom is 0.335 e. The van der Waals surface area contributed by atoms with E-state index in [9.17, 15) is 14.4 Å². The lowest BCUT2D eigenvalue weighted by molar-refractivity contribution is -0.156. The Bertz CT molecular complexity index is 460. The molecule has 1 aliphatic carbocycles. The van der Waals surface area contributed by atoms with Gasteiger partial charge in [-0.1, -0.05) is 30.6 Å². The number of hydrogen-bond acceptors (Lipinski definition) is 6. The molecule has 7 heteroatoms. The molecule has 0 aromatic heterocycles. The quantitative estimate of drug-likeness (QED) is 0.257. The van der Waals surface area contributed by atoms with E-state index in [4.69, 9.17) is 16.4 Å². The Kier molecular flexibility index (Phi) is 4.91. The number of esters is 1. The molecule has 0 radical (unpaired) electrons. The van der Waals surface area contributed by atoms with Crippen LogP contribution >= 0.6 is 11.6 Å². The molecule has 1 fully saturated rings. The van der Waals surface area contributed by atoms with Gasteiger partial charge in [0.15, 0.2) is 5.78 Å². The van der Waals surface area contributed by atoms with Crippen molar-refractivity contribution < 1.29 is 24.0 Å². The van der Waals surface area contributed by atoms with Crippen LogP contribution in [-0.4, -0.2) is 42.3 Å². The molecule has 0 aromatic carbocycles. The molecule has 20 heavy (non-hydrogen) atoms. The molecule has 1 saturated carbocycles. The number of oxime groups is 1. The van der Waals surface area contributed by atoms with E-state index in [1.165, 1.54) is 0 Å². The van der Waals surface area contributed by atoms with Crippen LogP contribution in [0.4, 0.5) is 0 Å². The summed E-state index contributed by atoms with van der Waals surface area (Å²) in [6, 6.07) is 0. The van der Waals surface area contributed by atoms with Gasteiger partial charge in [0.2, 0.25) is 4.87 Å². The zero-order chi connectivity index (χ0) is 15.6. The van der Waals surface area contributed by atoms with Gasteiger partial charge in [0.25, 0.3) is 0 Å². The van der Waals surface area contributed by atoms with Gasteiger partial charge >= 0.3 is 5.97 Å². The topological polar surface area (TPSA) is 82.0 Å². The molecule has 112 valence electrons. The first-order chi connectivity index (χ1) is 9.22. The predicted molar refractivity (Wildman–Crippen MR) is 72.6 cm³/mol. The molecular formula is C13H18ClNO5. The van der Waals surface area contributed by atoms with Crippen molar-refractivity contribution in [3.05, 3.63) is 0 Å². The molecule has 0 amide bonds. The molecule has 0 aromatic rings. The standard InChI is InChI=1S/C13H18ClNO5/c1-5-20-15-7-8-9(16)6-12(2,3)13(14,10(8)17)11(18)19-4/h7-8H,5-6H2,1-4H3/b15-7+. The minimum Gasteiger partial charge on any atom is -0.467 e. The van der Waals surface area contributed by atoms with Crippen molar-refractivity contribution in [3.8, 4) is 0 Å². The van der Waals surface area contributed by atoms with Gasteiger partial charge < -0.3 is 9.57 Å². The van der Waals surface area contributed by atoms with E-state index in [0.717, 1.165) is 13.3 Å². The van der Waals surface area contributed by atoms with Crippen LogP contribution in [-0.2, 0) is 24.0 Å². The lowest BCUT2D eigenvalue weighted by Gasteiger charge is -2.43. The van der Waals surface area contributed by atoms with Crippen LogP contribution in [0.2, 0.25) is 0 Å². The highest BCUT2D eigenvalue weighted by molar-refractivity contribution is 6.50. The van der Waals surface area contributed by atoms with E-state index in [1.807, 2.05) is 0 Å². The molecule has 2 atom stereocenters. The van der Waals surface area contributed by atoms with Crippen LogP contribution in [0.1, 0.15) is 27.2 Å². The summed E-state index contributed by atoms with van der Waals surface area (Å²) in [6.45, 7) is 5.19. The fourth-order valence-electron chi connectivity index (χ4n) is 2.21. The Hall–Kier alpha value is -1.43. The Morgan fingerprint density at radius 2 is 2.10 bits per heavy atom. The number of carbonyl (C=O) groups excluding carboxylic acids is 3. The van der Waals surface area contributed by atoms with E-state index in [1.54, 1.807) is 20.8 Å². The van der Waals surface area contributed by atoms with Crippen LogP contribution in [0.25, 0.3) is 0 Å². The number of ketones is 2. The molecule has 0 saturated heterocycles. The van der Waals surface area contributed by atoms with Crippen molar-refractivity contribution in [1.82, 2.24) is 0 Å². The van der Waals surface area contributed by atoms with Crippen LogP contribution in [0, 0.1) is 11.3 Å². The fourth-order valence-corrected chi connectivity index (χ4v) is 2.47. The molecule has 0 N–H and O–H groups in total. The van der Waals surface area contributed by atoms with Crippen molar-refractivity contribution in [2.45, 2.75) is 32.1 Å². The van der Waals surface area contributed by atoms with Crippen molar-refractivity contribution in [2.24, 2.45) is 16.5 Å². The summed E-state index contributed by atoms with van der Waals surface area (Å²) in [7, 11) is 1.15. The van der Waals surface area contributed by atoms with Crippen LogP contribution in [0.5, 0.6) is 0 Å². The highest BCUT2D eigenvalue weighted by atomic mass is 35.5. The highest BCUT2D eigenvalue weighted by Crippen LogP contribution is 2.47. The van der Waals surface area contributed by atoms with E-state index in [2.05, 4.69) is 9.89 Å². The van der Waals surface area contributed by atoms with E-state index >= 15 is 0 Å². The van der Waals surface area contributed by atoms with Crippen LogP contribution in [0.3, 0.4) is 0 Å². The molecule has 0 aliphatic heterocycles. The average molecular weight is 304 g/mol. The molecule has 6 nitrogen and oxygen atoms in total. The Labute approximate surface area is 122 Å². The number of halogens is 1. The Morgan fingerprint density at radius 1 is 1.50 bits per heavy atom. The summed E-state index contributed by atoms with van der Waals surface area (Å²) >= 11 is 6.26. The van der Waals surface area contributed by atoms with E-state index in [-0.39, 0.29) is 12.2 Å². The van der Waals surface area contributed by atoms with E-state index < -0.39 is 28.0 Å². The Balaban J connectivity index is 3.19. The van der Waals surface area contributed by atoms with Crippen LogP contribution in [0.15, 0.2) is 5.16 Å². The van der Waals surface area contributed by atoms with Crippen LogP contribution < -0.4 is 0 Å². The molecule has 1 aliphatic rings. The lowest BCUT2D eigenvalue weighted by atomic mass is 9.63. The first-order valence-corrected chi connectivity index (χ1v) is 6.60. The second-order valence-electron chi connectivity index (χ2n) is 5.19. The third-order valence-electron chi connectivity index (χ3n) is 3.40. The summed E-state index contributed by atoms with van der Waals surface area (Å²) in [4.78, 5) is 39.3. The smallest absolute Gasteiger partial charge is 0.335 e. The minimum absolute atomic E-state index is 0.0276. The normalized spacial score (nSPS) is 29.6. The molecular weight excluding hydrogens is 286 g/mol. The summed E-state index contributed by atoms with van der Waals surface area (Å²) in [5, 5.41) is 3.54. The third kappa shape index (κ3) is 2.57. The number of nitrogens with zero attached hydrogens (tertiary/aromatic N) is 1. The maximum absolute atomic E-state index is 12.5. The Morgan fingerprint density at radius 3 is 2.60 bits per heavy atom. The molecule has 0 heterocycles. The zero-order valence-electron chi connectivity index (χ0n) is 11.9. The van der Waals surface area contributed by atoms with Gasteiger partial charge in [0.1, 0.15) is 18.3 Å². The first kappa shape index (κ1) is 16.6. The van der Waals surface area contributed by atoms with Gasteiger partial charge in [-0.25, -0.2) is 4.79 Å². The number of alkyl halides is 1. The summed E-state index contributed by atoms with van der Waals surface area (Å²) in [5.74, 6) is -3.12. The van der Waals surface area contributed by atoms with Gasteiger partial charge in [0, 0.05) is 11.8 Å². The van der Waals surface area contributed by atoms with Crippen molar-refractivity contribution in [1.29, 1.82) is 0 Å². The van der Waals surface area contributed by atoms with E-state index in [0.29, 0.717) is 6.61 Å². The van der Waals surface area contributed by atoms with Crippen molar-refractivity contribution in [3.63, 3.8) is 0 Å². The summed E-state index contributed by atoms with van der Waals surface area (Å²) in [5.41, 5.74) is -1.04. The summed E-state index contributed by atoms with van der Waals surface area (Å²) < 4.78 is 4.63. The molecule has 2 unspecified atom stereocenters. The monoisotopic (exact) mass is 303 g/mol. The minimum atomic E-state index is -1.90. The number of ether oxygens (including phenoxy) is 1. The highest BCUT2D eigenvalue weighted by Gasteiger charge is 2.63. The zero-order valence-corrected chi connectivity index (χ0v) is 12.7. The molecule has 0 spiro atoms. The second-order valence-corrected chi connectivity index (χ2v) is 5.76. The maximum atomic E-state index is 12.5. The SMILES string of the molecule is CCO/N=C/C1C(=O)CC(C)(C)C(Cl)(C(=O)OC)C1=O. The number of hydrogen-bond donors (Lipinski definition) is 0. The molecule has 0 bridgehead atoms.